The molecule has 0 saturated carbocycles. The highest BCUT2D eigenvalue weighted by molar-refractivity contribution is 6.05. The molecule has 0 atom stereocenters. The number of nitrogens with one attached hydrogen (secondary N) is 1. The first-order chi connectivity index (χ1) is 11.5. The molecule has 1 aromatic heterocycles. The normalized spacial score (nSPS) is 10.8. The maximum Gasteiger partial charge on any atom is 0.255 e. The summed E-state index contributed by atoms with van der Waals surface area (Å²) in [6, 6.07) is 7.63. The van der Waals surface area contributed by atoms with Crippen molar-refractivity contribution < 1.29 is 13.9 Å². The Morgan fingerprint density at radius 2 is 2.00 bits per heavy atom. The van der Waals surface area contributed by atoms with Crippen molar-refractivity contribution in [2.75, 3.05) is 5.32 Å². The molecule has 0 aliphatic heterocycles. The number of aryl methyl sites for hydroxylation is 1. The smallest absolute Gasteiger partial charge is 0.255 e. The third-order valence-electron chi connectivity index (χ3n) is 3.07. The quantitative estimate of drug-likeness (QED) is 0.626. The molecule has 1 aromatic carbocycles. The maximum atomic E-state index is 14.2. The number of nitrogens with zero attached hydrogens (tertiary/aromatic N) is 1. The van der Waals surface area contributed by atoms with Crippen molar-refractivity contribution in [1.29, 1.82) is 0 Å². The highest BCUT2D eigenvalue weighted by atomic mass is 19.1. The van der Waals surface area contributed by atoms with Gasteiger partial charge in [-0.3, -0.25) is 9.78 Å². The number of anilines is 1. The summed E-state index contributed by atoms with van der Waals surface area (Å²) in [4.78, 5) is 16.1. The van der Waals surface area contributed by atoms with Gasteiger partial charge in [0.2, 0.25) is 0 Å². The van der Waals surface area contributed by atoms with Gasteiger partial charge in [0.1, 0.15) is 17.3 Å². The number of carbonyl (C=O) groups excluding carboxylic acids is 1. The summed E-state index contributed by atoms with van der Waals surface area (Å²) >= 11 is 0. The Morgan fingerprint density at radius 1 is 1.25 bits per heavy atom. The lowest BCUT2D eigenvalue weighted by Crippen LogP contribution is -2.14. The van der Waals surface area contributed by atoms with Crippen LogP contribution in [0.25, 0.3) is 0 Å². The minimum atomic E-state index is -0.603. The summed E-state index contributed by atoms with van der Waals surface area (Å²) in [6.07, 6.45) is 5.93. The third-order valence-corrected chi connectivity index (χ3v) is 3.07. The lowest BCUT2D eigenvalue weighted by molar-refractivity contribution is -0.112. The zero-order valence-electron chi connectivity index (χ0n) is 13.3. The van der Waals surface area contributed by atoms with Crippen molar-refractivity contribution in [3.8, 4) is 11.5 Å². The topological polar surface area (TPSA) is 51.2 Å². The fourth-order valence-corrected chi connectivity index (χ4v) is 1.94. The molecule has 0 unspecified atom stereocenters. The molecule has 5 heteroatoms. The number of amides is 1. The number of halogens is 1. The average molecular weight is 324 g/mol. The molecule has 1 heterocycles. The largest absolute Gasteiger partial charge is 0.457 e. The van der Waals surface area contributed by atoms with E-state index < -0.39 is 11.7 Å². The molecular weight excluding hydrogens is 307 g/mol. The number of carbonyl (C=O) groups is 1. The lowest BCUT2D eigenvalue weighted by atomic mass is 10.2. The van der Waals surface area contributed by atoms with Gasteiger partial charge in [0.15, 0.2) is 0 Å². The number of allylic oxidation sites excluding steroid dienone is 2. The van der Waals surface area contributed by atoms with E-state index in [9.17, 15) is 9.18 Å². The van der Waals surface area contributed by atoms with Crippen LogP contribution < -0.4 is 10.1 Å². The number of hydrogen-bond donors (Lipinski definition) is 1. The monoisotopic (exact) mass is 324 g/mol. The fraction of sp³-hybridized carbons (Fsp3) is 0.0526. The van der Waals surface area contributed by atoms with E-state index in [-0.39, 0.29) is 11.3 Å². The molecule has 0 spiro atoms. The number of hydrogen-bond acceptors (Lipinski definition) is 3. The number of pyridine rings is 1. The summed E-state index contributed by atoms with van der Waals surface area (Å²) in [5.41, 5.74) is 1.13. The van der Waals surface area contributed by atoms with Crippen LogP contribution in [-0.4, -0.2) is 10.9 Å². The van der Waals surface area contributed by atoms with E-state index in [1.165, 1.54) is 30.4 Å². The molecule has 0 fully saturated rings. The Morgan fingerprint density at radius 3 is 2.62 bits per heavy atom. The summed E-state index contributed by atoms with van der Waals surface area (Å²) in [5, 5.41) is 2.48. The predicted molar refractivity (Wildman–Crippen MR) is 92.6 cm³/mol. The van der Waals surface area contributed by atoms with Gasteiger partial charge in [-0.25, -0.2) is 4.39 Å². The number of rotatable bonds is 6. The van der Waals surface area contributed by atoms with E-state index in [0.717, 1.165) is 5.69 Å². The Bertz CT molecular complexity index is 813. The molecule has 122 valence electrons. The summed E-state index contributed by atoms with van der Waals surface area (Å²) in [6.45, 7) is 8.88. The zero-order chi connectivity index (χ0) is 17.5. The van der Waals surface area contributed by atoms with Gasteiger partial charge >= 0.3 is 0 Å². The van der Waals surface area contributed by atoms with Gasteiger partial charge in [-0.15, -0.1) is 0 Å². The molecule has 0 saturated heterocycles. The SMILES string of the molecule is C=C/C=C(\C=C)C(=O)Nc1ccc(Oc2ccnc(C)c2)cc1F. The van der Waals surface area contributed by atoms with E-state index in [0.29, 0.717) is 11.5 Å². The second-order valence-corrected chi connectivity index (χ2v) is 4.89. The molecule has 0 bridgehead atoms. The first-order valence-corrected chi connectivity index (χ1v) is 7.20. The van der Waals surface area contributed by atoms with Crippen molar-refractivity contribution in [2.45, 2.75) is 6.92 Å². The molecule has 2 rings (SSSR count). The van der Waals surface area contributed by atoms with Gasteiger partial charge in [0.05, 0.1) is 5.69 Å². The minimum Gasteiger partial charge on any atom is -0.457 e. The molecule has 1 amide bonds. The first-order valence-electron chi connectivity index (χ1n) is 7.20. The van der Waals surface area contributed by atoms with Crippen molar-refractivity contribution in [2.24, 2.45) is 0 Å². The van der Waals surface area contributed by atoms with Gasteiger partial charge < -0.3 is 10.1 Å². The summed E-state index contributed by atoms with van der Waals surface area (Å²) in [7, 11) is 0. The van der Waals surface area contributed by atoms with E-state index in [1.807, 2.05) is 6.92 Å². The molecule has 0 aliphatic rings. The van der Waals surface area contributed by atoms with Crippen molar-refractivity contribution in [1.82, 2.24) is 4.98 Å². The van der Waals surface area contributed by atoms with E-state index in [4.69, 9.17) is 4.74 Å². The van der Waals surface area contributed by atoms with Crippen LogP contribution >= 0.6 is 0 Å². The zero-order valence-corrected chi connectivity index (χ0v) is 13.3. The van der Waals surface area contributed by atoms with E-state index >= 15 is 0 Å². The lowest BCUT2D eigenvalue weighted by Gasteiger charge is -2.10. The van der Waals surface area contributed by atoms with Gasteiger partial charge in [-0.2, -0.15) is 0 Å². The van der Waals surface area contributed by atoms with Crippen LogP contribution in [0.2, 0.25) is 0 Å². The third kappa shape index (κ3) is 4.39. The molecule has 4 nitrogen and oxygen atoms in total. The molecule has 0 radical (unpaired) electrons. The minimum absolute atomic E-state index is 0.0510. The van der Waals surface area contributed by atoms with Crippen LogP contribution in [0.1, 0.15) is 5.69 Å². The van der Waals surface area contributed by atoms with Crippen LogP contribution in [0.4, 0.5) is 10.1 Å². The summed E-state index contributed by atoms with van der Waals surface area (Å²) < 4.78 is 19.7. The van der Waals surface area contributed by atoms with Gasteiger partial charge in [-0.05, 0) is 25.1 Å². The molecule has 1 N–H and O–H groups in total. The number of aromatic nitrogens is 1. The molecular formula is C19H17FN2O2. The predicted octanol–water partition coefficient (Wildman–Crippen LogP) is 4.56. The van der Waals surface area contributed by atoms with Crippen LogP contribution in [0.3, 0.4) is 0 Å². The van der Waals surface area contributed by atoms with E-state index in [2.05, 4.69) is 23.5 Å². The summed E-state index contributed by atoms with van der Waals surface area (Å²) in [5.74, 6) is -0.195. The Hall–Kier alpha value is -3.21. The van der Waals surface area contributed by atoms with Crippen LogP contribution in [0.15, 0.2) is 73.5 Å². The maximum absolute atomic E-state index is 14.2. The van der Waals surface area contributed by atoms with Crippen LogP contribution in [0, 0.1) is 12.7 Å². The van der Waals surface area contributed by atoms with Crippen molar-refractivity contribution in [3.05, 3.63) is 85.0 Å². The molecule has 2 aromatic rings. The van der Waals surface area contributed by atoms with E-state index in [1.54, 1.807) is 24.4 Å². The second kappa shape index (κ2) is 7.87. The number of benzene rings is 1. The average Bonchev–Trinajstić information content (AvgIpc) is 2.55. The van der Waals surface area contributed by atoms with Crippen molar-refractivity contribution >= 4 is 11.6 Å². The molecule has 0 aliphatic carbocycles. The van der Waals surface area contributed by atoms with Crippen LogP contribution in [0.5, 0.6) is 11.5 Å². The van der Waals surface area contributed by atoms with Crippen LogP contribution in [-0.2, 0) is 4.79 Å². The van der Waals surface area contributed by atoms with Crippen molar-refractivity contribution in [3.63, 3.8) is 0 Å². The standard InChI is InChI=1S/C19H17FN2O2/c1-4-6-14(5-2)19(23)22-18-8-7-15(12-17(18)20)24-16-9-10-21-13(3)11-16/h4-12H,1-2H2,3H3,(H,22,23)/b14-6+. The van der Waals surface area contributed by atoms with Gasteiger partial charge in [0.25, 0.3) is 5.91 Å². The second-order valence-electron chi connectivity index (χ2n) is 4.89. The Balaban J connectivity index is 2.15. The first kappa shape index (κ1) is 17.1. The molecule has 24 heavy (non-hydrogen) atoms. The van der Waals surface area contributed by atoms with Gasteiger partial charge in [-0.1, -0.05) is 31.4 Å². The highest BCUT2D eigenvalue weighted by Crippen LogP contribution is 2.26. The Labute approximate surface area is 140 Å². The fourth-order valence-electron chi connectivity index (χ4n) is 1.94. The van der Waals surface area contributed by atoms with Gasteiger partial charge in [0, 0.05) is 29.6 Å². The highest BCUT2D eigenvalue weighted by Gasteiger charge is 2.11. The number of ether oxygens (including phenoxy) is 1. The Kier molecular flexibility index (Phi) is 5.63.